The van der Waals surface area contributed by atoms with E-state index in [4.69, 9.17) is 10.2 Å². The first-order valence-electron chi connectivity index (χ1n) is 3.27. The fraction of sp³-hybridized carbons (Fsp3) is 0.250. The van der Waals surface area contributed by atoms with Gasteiger partial charge in [0.25, 0.3) is 0 Å². The normalized spacial score (nSPS) is 7.09. The van der Waals surface area contributed by atoms with Gasteiger partial charge in [-0.25, -0.2) is 0 Å². The van der Waals surface area contributed by atoms with Crippen LogP contribution in [-0.4, -0.2) is 15.7 Å². The zero-order valence-electron chi connectivity index (χ0n) is 6.70. The molecule has 0 saturated carbocycles. The molecule has 0 aliphatic carbocycles. The van der Waals surface area contributed by atoms with Gasteiger partial charge in [0, 0.05) is 0 Å². The standard InChI is InChI=1S/C6H6O2.C2H6.H2O/c7-5-3-1-2-4-6(5)8;1-2;/h1-4,7-8H;1-2H3;1H2. The summed E-state index contributed by atoms with van der Waals surface area (Å²) in [6.07, 6.45) is 0. The van der Waals surface area contributed by atoms with Crippen LogP contribution in [0.4, 0.5) is 0 Å². The molecule has 1 rings (SSSR count). The van der Waals surface area contributed by atoms with Gasteiger partial charge in [-0.1, -0.05) is 26.0 Å². The summed E-state index contributed by atoms with van der Waals surface area (Å²) in [5.74, 6) is -0.153. The van der Waals surface area contributed by atoms with Crippen molar-refractivity contribution in [2.24, 2.45) is 0 Å². The molecule has 3 heteroatoms. The summed E-state index contributed by atoms with van der Waals surface area (Å²) in [6.45, 7) is 4.00. The van der Waals surface area contributed by atoms with E-state index >= 15 is 0 Å². The van der Waals surface area contributed by atoms with Gasteiger partial charge in [-0.2, -0.15) is 0 Å². The second kappa shape index (κ2) is 6.89. The Hall–Kier alpha value is -1.22. The van der Waals surface area contributed by atoms with Crippen LogP contribution in [-0.2, 0) is 0 Å². The van der Waals surface area contributed by atoms with Gasteiger partial charge in [0.15, 0.2) is 11.5 Å². The Labute approximate surface area is 66.2 Å². The molecule has 0 aromatic heterocycles. The summed E-state index contributed by atoms with van der Waals surface area (Å²) < 4.78 is 0. The Bertz CT molecular complexity index is 165. The van der Waals surface area contributed by atoms with E-state index in [2.05, 4.69) is 0 Å². The third-order valence-corrected chi connectivity index (χ3v) is 0.882. The molecular weight excluding hydrogens is 144 g/mol. The van der Waals surface area contributed by atoms with E-state index < -0.39 is 0 Å². The number of benzene rings is 1. The van der Waals surface area contributed by atoms with Crippen LogP contribution < -0.4 is 0 Å². The molecule has 64 valence electrons. The zero-order valence-corrected chi connectivity index (χ0v) is 6.70. The number of hydrogen-bond acceptors (Lipinski definition) is 2. The number of aromatic hydroxyl groups is 2. The van der Waals surface area contributed by atoms with Crippen LogP contribution in [0.3, 0.4) is 0 Å². The second-order valence-corrected chi connectivity index (χ2v) is 1.49. The van der Waals surface area contributed by atoms with E-state index in [1.165, 1.54) is 12.1 Å². The van der Waals surface area contributed by atoms with Crippen molar-refractivity contribution in [2.45, 2.75) is 13.8 Å². The van der Waals surface area contributed by atoms with Crippen molar-refractivity contribution in [1.29, 1.82) is 0 Å². The smallest absolute Gasteiger partial charge is 0.157 e. The molecule has 0 spiro atoms. The summed E-state index contributed by atoms with van der Waals surface area (Å²) in [6, 6.07) is 6.15. The van der Waals surface area contributed by atoms with Gasteiger partial charge in [0.05, 0.1) is 0 Å². The molecule has 0 unspecified atom stereocenters. The lowest BCUT2D eigenvalue weighted by atomic mass is 10.3. The quantitative estimate of drug-likeness (QED) is 0.558. The fourth-order valence-corrected chi connectivity index (χ4v) is 0.464. The molecule has 1 aromatic rings. The van der Waals surface area contributed by atoms with Gasteiger partial charge in [0.2, 0.25) is 0 Å². The molecule has 0 heterocycles. The molecule has 0 bridgehead atoms. The van der Waals surface area contributed by atoms with Gasteiger partial charge < -0.3 is 15.7 Å². The highest BCUT2D eigenvalue weighted by Crippen LogP contribution is 2.21. The first-order valence-corrected chi connectivity index (χ1v) is 3.27. The van der Waals surface area contributed by atoms with E-state index in [0.717, 1.165) is 0 Å². The molecular formula is C8H14O3. The second-order valence-electron chi connectivity index (χ2n) is 1.49. The molecule has 4 N–H and O–H groups in total. The van der Waals surface area contributed by atoms with Crippen LogP contribution >= 0.6 is 0 Å². The maximum Gasteiger partial charge on any atom is 0.157 e. The first-order chi connectivity index (χ1) is 4.80. The summed E-state index contributed by atoms with van der Waals surface area (Å²) in [5, 5.41) is 17.3. The number of rotatable bonds is 0. The molecule has 1 aromatic carbocycles. The number of hydrogen-bond donors (Lipinski definition) is 2. The Kier molecular flexibility index (Phi) is 7.81. The SMILES string of the molecule is CC.O.Oc1ccccc1O. The maximum absolute atomic E-state index is 8.67. The Balaban J connectivity index is 0. The minimum absolute atomic E-state index is 0. The highest BCUT2D eigenvalue weighted by molar-refractivity contribution is 5.36. The molecule has 0 saturated heterocycles. The molecule has 0 radical (unpaired) electrons. The molecule has 11 heavy (non-hydrogen) atoms. The van der Waals surface area contributed by atoms with Crippen molar-refractivity contribution in [1.82, 2.24) is 0 Å². The number of phenolic OH excluding ortho intramolecular Hbond substituents is 2. The van der Waals surface area contributed by atoms with Gasteiger partial charge in [-0.15, -0.1) is 0 Å². The van der Waals surface area contributed by atoms with Crippen molar-refractivity contribution in [3.05, 3.63) is 24.3 Å². The lowest BCUT2D eigenvalue weighted by Gasteiger charge is -1.91. The topological polar surface area (TPSA) is 72.0 Å². The third kappa shape index (κ3) is 4.22. The Morgan fingerprint density at radius 3 is 1.36 bits per heavy atom. The van der Waals surface area contributed by atoms with Crippen LogP contribution in [0.5, 0.6) is 11.5 Å². The van der Waals surface area contributed by atoms with Crippen molar-refractivity contribution in [3.8, 4) is 11.5 Å². The molecule has 0 atom stereocenters. The van der Waals surface area contributed by atoms with Gasteiger partial charge in [0.1, 0.15) is 0 Å². The van der Waals surface area contributed by atoms with Crippen molar-refractivity contribution in [3.63, 3.8) is 0 Å². The molecule has 0 fully saturated rings. The van der Waals surface area contributed by atoms with Gasteiger partial charge >= 0.3 is 0 Å². The summed E-state index contributed by atoms with van der Waals surface area (Å²) >= 11 is 0. The van der Waals surface area contributed by atoms with Crippen LogP contribution in [0.25, 0.3) is 0 Å². The predicted octanol–water partition coefficient (Wildman–Crippen LogP) is 1.30. The largest absolute Gasteiger partial charge is 0.504 e. The average molecular weight is 158 g/mol. The lowest BCUT2D eigenvalue weighted by molar-refractivity contribution is 0.404. The highest BCUT2D eigenvalue weighted by atomic mass is 16.3. The Morgan fingerprint density at radius 1 is 0.909 bits per heavy atom. The van der Waals surface area contributed by atoms with E-state index in [1.54, 1.807) is 12.1 Å². The van der Waals surface area contributed by atoms with E-state index in [9.17, 15) is 0 Å². The molecule has 3 nitrogen and oxygen atoms in total. The van der Waals surface area contributed by atoms with Crippen LogP contribution in [0, 0.1) is 0 Å². The molecule has 0 aliphatic heterocycles. The third-order valence-electron chi connectivity index (χ3n) is 0.882. The van der Waals surface area contributed by atoms with Crippen LogP contribution in [0.15, 0.2) is 24.3 Å². The highest BCUT2D eigenvalue weighted by Gasteiger charge is 1.90. The fourth-order valence-electron chi connectivity index (χ4n) is 0.464. The minimum atomic E-state index is -0.0764. The summed E-state index contributed by atoms with van der Waals surface area (Å²) in [5.41, 5.74) is 0. The van der Waals surface area contributed by atoms with Crippen LogP contribution in [0.1, 0.15) is 13.8 Å². The molecule has 0 amide bonds. The number of para-hydroxylation sites is 2. The minimum Gasteiger partial charge on any atom is -0.504 e. The maximum atomic E-state index is 8.67. The van der Waals surface area contributed by atoms with Crippen molar-refractivity contribution >= 4 is 0 Å². The molecule has 0 aliphatic rings. The van der Waals surface area contributed by atoms with Gasteiger partial charge in [-0.05, 0) is 12.1 Å². The zero-order chi connectivity index (χ0) is 7.98. The summed E-state index contributed by atoms with van der Waals surface area (Å²) in [7, 11) is 0. The average Bonchev–Trinajstić information content (AvgIpc) is 2.00. The van der Waals surface area contributed by atoms with Gasteiger partial charge in [-0.3, -0.25) is 0 Å². The van der Waals surface area contributed by atoms with Crippen LogP contribution in [0.2, 0.25) is 0 Å². The van der Waals surface area contributed by atoms with E-state index in [1.807, 2.05) is 13.8 Å². The van der Waals surface area contributed by atoms with E-state index in [-0.39, 0.29) is 17.0 Å². The van der Waals surface area contributed by atoms with Crippen molar-refractivity contribution < 1.29 is 15.7 Å². The number of phenols is 2. The Morgan fingerprint density at radius 2 is 1.18 bits per heavy atom. The van der Waals surface area contributed by atoms with Crippen molar-refractivity contribution in [2.75, 3.05) is 0 Å². The summed E-state index contributed by atoms with van der Waals surface area (Å²) in [4.78, 5) is 0. The monoisotopic (exact) mass is 158 g/mol. The predicted molar refractivity (Wildman–Crippen MR) is 44.7 cm³/mol. The lowest BCUT2D eigenvalue weighted by Crippen LogP contribution is -1.63. The van der Waals surface area contributed by atoms with E-state index in [0.29, 0.717) is 0 Å². The first kappa shape index (κ1) is 12.5.